The number of hydrogen-bond acceptors (Lipinski definition) is 11. The number of Topliss-reactive ketones (excluding diaryl/α,β-unsaturated/α-hetero) is 2. The first-order chi connectivity index (χ1) is 38.8. The Labute approximate surface area is 507 Å². The van der Waals surface area contributed by atoms with E-state index in [4.69, 9.17) is 16.6 Å². The number of amides is 3. The fourth-order valence-electron chi connectivity index (χ4n) is 10.3. The van der Waals surface area contributed by atoms with Crippen molar-refractivity contribution in [3.63, 3.8) is 0 Å². The molecule has 21 heteroatoms. The molecule has 452 valence electrons. The van der Waals surface area contributed by atoms with Gasteiger partial charge in [-0.1, -0.05) is 51.3 Å². The number of rotatable bonds is 14. The van der Waals surface area contributed by atoms with Crippen molar-refractivity contribution >= 4 is 83.0 Å². The van der Waals surface area contributed by atoms with Crippen molar-refractivity contribution in [2.45, 2.75) is 131 Å². The number of fused-ring (bicyclic) bond motifs is 2. The third-order valence-corrected chi connectivity index (χ3v) is 14.5. The van der Waals surface area contributed by atoms with E-state index in [2.05, 4.69) is 25.3 Å². The molecule has 2 aliphatic heterocycles. The number of likely N-dealkylation sites (tertiary alicyclic amines) is 1. The van der Waals surface area contributed by atoms with Crippen LogP contribution in [-0.2, 0) is 45.1 Å². The minimum absolute atomic E-state index is 0. The van der Waals surface area contributed by atoms with Gasteiger partial charge >= 0.3 is 5.97 Å². The van der Waals surface area contributed by atoms with Crippen LogP contribution in [0, 0.1) is 27.7 Å². The van der Waals surface area contributed by atoms with Crippen LogP contribution in [0.5, 0.6) is 0 Å². The van der Waals surface area contributed by atoms with Gasteiger partial charge in [-0.15, -0.1) is 12.4 Å². The molecule has 17 nitrogen and oxygen atoms in total. The number of primary amides is 2. The molecule has 2 saturated heterocycles. The Morgan fingerprint density at radius 3 is 1.53 bits per heavy atom. The van der Waals surface area contributed by atoms with Crippen molar-refractivity contribution in [1.82, 2.24) is 39.3 Å². The maximum absolute atomic E-state index is 14.4. The maximum Gasteiger partial charge on any atom is 0.323 e. The van der Waals surface area contributed by atoms with E-state index in [1.165, 1.54) is 15.7 Å². The number of alkyl halides is 2. The maximum atomic E-state index is 14.4. The number of ketones is 2. The van der Waals surface area contributed by atoms with E-state index in [-0.39, 0.29) is 110 Å². The molecule has 8 aromatic rings. The van der Waals surface area contributed by atoms with Crippen molar-refractivity contribution in [2.24, 2.45) is 11.5 Å². The number of carboxylic acids is 1. The summed E-state index contributed by atoms with van der Waals surface area (Å²) in [5.74, 6) is -2.54. The second-order valence-corrected chi connectivity index (χ2v) is 20.7. The average Bonchev–Trinajstić information content (AvgIpc) is 2.27. The van der Waals surface area contributed by atoms with Crippen LogP contribution in [0.1, 0.15) is 108 Å². The summed E-state index contributed by atoms with van der Waals surface area (Å²) in [6.07, 6.45) is 7.36. The summed E-state index contributed by atoms with van der Waals surface area (Å²) < 4.78 is 30.8. The second-order valence-electron chi connectivity index (χ2n) is 20.7. The zero-order valence-corrected chi connectivity index (χ0v) is 48.5. The van der Waals surface area contributed by atoms with Gasteiger partial charge in [0.1, 0.15) is 25.4 Å². The molecular formula is C64H77ClF2N10O7S. The van der Waals surface area contributed by atoms with E-state index >= 15 is 0 Å². The molecule has 3 amide bonds. The molecule has 0 aliphatic carbocycles. The minimum Gasteiger partial charge on any atom is -0.480 e. The highest BCUT2D eigenvalue weighted by molar-refractivity contribution is 7.59. The Kier molecular flexibility index (Phi) is 25.8. The summed E-state index contributed by atoms with van der Waals surface area (Å²) in [4.78, 5) is 93.0. The quantitative estimate of drug-likeness (QED) is 0.0794. The molecular weight excluding hydrogens is 1130 g/mol. The predicted molar refractivity (Wildman–Crippen MR) is 336 cm³/mol. The van der Waals surface area contributed by atoms with Gasteiger partial charge in [-0.25, -0.2) is 8.78 Å². The molecule has 8 heterocycles. The summed E-state index contributed by atoms with van der Waals surface area (Å²) in [6, 6.07) is 29.0. The van der Waals surface area contributed by atoms with Crippen LogP contribution in [0.15, 0.2) is 122 Å². The predicted octanol–water partition coefficient (Wildman–Crippen LogP) is 10.3. The summed E-state index contributed by atoms with van der Waals surface area (Å²) in [5, 5.41) is 13.4. The number of aromatic nitrogens is 6. The van der Waals surface area contributed by atoms with Gasteiger partial charge in [0.2, 0.25) is 5.91 Å². The van der Waals surface area contributed by atoms with Crippen LogP contribution in [0.25, 0.3) is 44.1 Å². The summed E-state index contributed by atoms with van der Waals surface area (Å²) in [5.41, 5.74) is 21.6. The highest BCUT2D eigenvalue weighted by Crippen LogP contribution is 2.31. The molecule has 6 aromatic heterocycles. The fraction of sp³-hybridized carbons (Fsp3) is 0.344. The lowest BCUT2D eigenvalue weighted by atomic mass is 10.0. The number of pyridine rings is 4. The van der Waals surface area contributed by atoms with Gasteiger partial charge in [-0.2, -0.15) is 13.5 Å². The van der Waals surface area contributed by atoms with E-state index in [0.29, 0.717) is 70.9 Å². The molecule has 0 spiro atoms. The molecule has 85 heavy (non-hydrogen) atoms. The number of carboxylic acid groups (broad SMARTS) is 1. The van der Waals surface area contributed by atoms with Gasteiger partial charge < -0.3 is 35.9 Å². The monoisotopic (exact) mass is 1200 g/mol. The average molecular weight is 1200 g/mol. The van der Waals surface area contributed by atoms with Crippen LogP contribution >= 0.6 is 25.9 Å². The standard InChI is InChI=1S/C31H32FN5O3.C17H15N3O3.C14H19FN2O.2CH4.ClH.H2S/c1-19-6-7-22(16-34-19)21-8-10-27-25(14-21)26(31(33)40)17-36(27)18-30(39)37-13-12-23(32)9-11-28(37)29(38)15-24-5-3-4-20(2)35-24;1-10-2-3-12(7-19-10)11-4-5-15-13(6-11)14(17(18)23)8-20(15)9-16(21)22;1-10-3-2-4-12(17-10)9-14(18)13-6-5-11(15)7-8-16-13;;;;/h3-8,10,14,16-17,23,28H,9,11-13,15,18H2,1-2H3,(H2,33,40);2-8H,9H2,1H3,(H2,18,23)(H,21,22);2-4,11,13,16H,5-9H2,1H3;2*1H4;1H;1H2/t23?,28-;;11?,13-;;;;/m0.0..../s1. The van der Waals surface area contributed by atoms with Gasteiger partial charge in [0, 0.05) is 98.4 Å². The lowest BCUT2D eigenvalue weighted by Gasteiger charge is -2.29. The number of nitrogens with zero attached hydrogens (tertiary/aromatic N) is 7. The van der Waals surface area contributed by atoms with Crippen molar-refractivity contribution < 1.29 is 42.7 Å². The summed E-state index contributed by atoms with van der Waals surface area (Å²) >= 11 is 0. The lowest BCUT2D eigenvalue weighted by molar-refractivity contribution is -0.139. The Bertz CT molecular complexity index is 3620. The molecule has 2 aromatic carbocycles. The Morgan fingerprint density at radius 2 is 1.06 bits per heavy atom. The lowest BCUT2D eigenvalue weighted by Crippen LogP contribution is -2.46. The van der Waals surface area contributed by atoms with Crippen molar-refractivity contribution in [3.05, 3.63) is 167 Å². The summed E-state index contributed by atoms with van der Waals surface area (Å²) in [7, 11) is 0. The molecule has 2 unspecified atom stereocenters. The molecule has 2 fully saturated rings. The van der Waals surface area contributed by atoms with Crippen LogP contribution in [0.4, 0.5) is 8.78 Å². The molecule has 0 bridgehead atoms. The van der Waals surface area contributed by atoms with Crippen molar-refractivity contribution in [3.8, 4) is 22.3 Å². The van der Waals surface area contributed by atoms with E-state index in [1.807, 2.05) is 113 Å². The molecule has 6 N–H and O–H groups in total. The van der Waals surface area contributed by atoms with Gasteiger partial charge in [-0.05, 0) is 145 Å². The normalized spacial score (nSPS) is 16.4. The van der Waals surface area contributed by atoms with Gasteiger partial charge in [0.05, 0.1) is 36.1 Å². The highest BCUT2D eigenvalue weighted by Gasteiger charge is 2.34. The van der Waals surface area contributed by atoms with Crippen LogP contribution in [0.2, 0.25) is 0 Å². The van der Waals surface area contributed by atoms with Crippen molar-refractivity contribution in [1.29, 1.82) is 0 Å². The molecule has 0 radical (unpaired) electrons. The largest absolute Gasteiger partial charge is 0.480 e. The first-order valence-corrected chi connectivity index (χ1v) is 26.9. The smallest absolute Gasteiger partial charge is 0.323 e. The number of benzene rings is 2. The minimum atomic E-state index is -1.08. The number of carbonyl (C=O) groups excluding carboxylic acids is 5. The number of hydrogen-bond donors (Lipinski definition) is 4. The SMILES string of the molecule is C.C.Cc1ccc(-c2ccc3c(c2)c(C(N)=O)cn3CC(=O)N2CCC(F)CC[C@H]2C(=O)Cc2cccc(C)n2)cn1.Cc1ccc(-c2ccc3c(c2)c(C(N)=O)cn3CC(=O)O)cn1.Cc1cccc(CC(=O)[C@@H]2CCC(F)CCN2)n1.Cl.S. The number of nitrogens with two attached hydrogens (primary N) is 2. The Morgan fingerprint density at radius 1 is 0.588 bits per heavy atom. The van der Waals surface area contributed by atoms with Crippen LogP contribution in [-0.4, -0.2) is 112 Å². The Hall–Kier alpha value is -8.20. The highest BCUT2D eigenvalue weighted by atomic mass is 35.5. The summed E-state index contributed by atoms with van der Waals surface area (Å²) in [6.45, 7) is 7.96. The fourth-order valence-corrected chi connectivity index (χ4v) is 10.3. The van der Waals surface area contributed by atoms with Gasteiger partial charge in [0.15, 0.2) is 11.6 Å². The number of aryl methyl sites for hydroxylation is 4. The van der Waals surface area contributed by atoms with E-state index in [1.54, 1.807) is 35.3 Å². The van der Waals surface area contributed by atoms with E-state index in [9.17, 15) is 37.5 Å². The van der Waals surface area contributed by atoms with Crippen LogP contribution < -0.4 is 16.8 Å². The van der Waals surface area contributed by atoms with Gasteiger partial charge in [0.25, 0.3) is 11.8 Å². The molecule has 4 atom stereocenters. The number of carbonyl (C=O) groups is 6. The molecule has 10 rings (SSSR count). The number of nitrogens with one attached hydrogen (secondary N) is 1. The zero-order chi connectivity index (χ0) is 57.9. The Balaban J connectivity index is 0.000000293. The third kappa shape index (κ3) is 18.2. The van der Waals surface area contributed by atoms with E-state index < -0.39 is 36.2 Å². The van der Waals surface area contributed by atoms with E-state index in [0.717, 1.165) is 50.7 Å². The third-order valence-electron chi connectivity index (χ3n) is 14.5. The number of aliphatic carboxylic acids is 1. The van der Waals surface area contributed by atoms with Crippen molar-refractivity contribution in [2.75, 3.05) is 13.1 Å². The second kappa shape index (κ2) is 31.6. The van der Waals surface area contributed by atoms with Gasteiger partial charge in [-0.3, -0.25) is 48.7 Å². The van der Waals surface area contributed by atoms with Crippen LogP contribution in [0.3, 0.4) is 0 Å². The first kappa shape index (κ1) is 69.3. The zero-order valence-electron chi connectivity index (χ0n) is 46.7. The molecule has 2 aliphatic rings. The number of halogens is 3. The first-order valence-electron chi connectivity index (χ1n) is 26.9. The topological polar surface area (TPSA) is 251 Å². The molecule has 0 saturated carbocycles.